The number of β-lactam (4-membered cyclic amide) rings is 1. The Morgan fingerprint density at radius 2 is 2.11 bits per heavy atom. The number of hydrogen-bond acceptors (Lipinski definition) is 4. The molecule has 0 radical (unpaired) electrons. The second-order valence-electron chi connectivity index (χ2n) is 5.24. The molecule has 2 rings (SSSR count). The molecule has 3 atom stereocenters. The van der Waals surface area contributed by atoms with Crippen LogP contribution in [-0.2, 0) is 9.59 Å². The van der Waals surface area contributed by atoms with Crippen LogP contribution in [0.15, 0.2) is 0 Å². The van der Waals surface area contributed by atoms with Crippen LogP contribution in [0.5, 0.6) is 0 Å². The van der Waals surface area contributed by atoms with E-state index in [1.54, 1.807) is 16.7 Å². The molecule has 2 saturated heterocycles. The van der Waals surface area contributed by atoms with Crippen LogP contribution in [0, 0.1) is 5.92 Å². The molecule has 0 aliphatic carbocycles. The Morgan fingerprint density at radius 1 is 1.53 bits per heavy atom. The second kappa shape index (κ2) is 5.16. The van der Waals surface area contributed by atoms with E-state index in [1.165, 1.54) is 0 Å². The Morgan fingerprint density at radius 3 is 2.63 bits per heavy atom. The third-order valence-corrected chi connectivity index (χ3v) is 7.47. The van der Waals surface area contributed by atoms with Gasteiger partial charge < -0.3 is 4.90 Å². The lowest BCUT2D eigenvalue weighted by molar-refractivity contribution is -0.154. The lowest BCUT2D eigenvalue weighted by Gasteiger charge is -2.42. The average molecular weight is 363 g/mol. The molecule has 2 aliphatic heterocycles. The molecule has 2 fully saturated rings. The number of carbonyl (C=O) groups excluding carboxylic acids is 2. The highest BCUT2D eigenvalue weighted by Gasteiger charge is 2.62. The number of hydrogen-bond donors (Lipinski definition) is 0. The van der Waals surface area contributed by atoms with E-state index in [0.29, 0.717) is 0 Å². The van der Waals surface area contributed by atoms with Gasteiger partial charge in [0.05, 0.1) is 17.2 Å². The van der Waals surface area contributed by atoms with Crippen LogP contribution in [0.25, 0.3) is 0 Å². The number of nitrogens with zero attached hydrogens (tertiary/aromatic N) is 1. The van der Waals surface area contributed by atoms with Crippen molar-refractivity contribution in [1.29, 1.82) is 0 Å². The van der Waals surface area contributed by atoms with Gasteiger partial charge in [-0.2, -0.15) is 0 Å². The molecule has 0 unspecified atom stereocenters. The van der Waals surface area contributed by atoms with E-state index in [2.05, 4.69) is 0 Å². The number of fused-ring (bicyclic) bond motifs is 1. The van der Waals surface area contributed by atoms with Gasteiger partial charge in [-0.3, -0.25) is 9.59 Å². The number of alkyl halides is 3. The SMILES string of the molecule is C[C@@H]1C(=O)N2[C@@H]1SC(C)(C)[C@@H]2C(=O)SC(Cl)(Cl)CCl. The molecule has 0 aromatic rings. The summed E-state index contributed by atoms with van der Waals surface area (Å²) < 4.78 is -1.69. The van der Waals surface area contributed by atoms with Gasteiger partial charge in [-0.1, -0.05) is 30.1 Å². The zero-order valence-electron chi connectivity index (χ0n) is 10.7. The predicted octanol–water partition coefficient (Wildman–Crippen LogP) is 3.31. The Kier molecular flexibility index (Phi) is 4.37. The summed E-state index contributed by atoms with van der Waals surface area (Å²) in [6.45, 7) is 5.81. The van der Waals surface area contributed by atoms with E-state index < -0.39 is 9.71 Å². The number of carbonyl (C=O) groups is 2. The molecule has 0 bridgehead atoms. The molecule has 0 aromatic heterocycles. The normalized spacial score (nSPS) is 33.1. The van der Waals surface area contributed by atoms with Gasteiger partial charge in [0.25, 0.3) is 0 Å². The highest BCUT2D eigenvalue weighted by molar-refractivity contribution is 8.17. The van der Waals surface area contributed by atoms with Crippen molar-refractivity contribution >= 4 is 69.3 Å². The first kappa shape index (κ1) is 16.1. The van der Waals surface area contributed by atoms with Crippen molar-refractivity contribution in [3.63, 3.8) is 0 Å². The van der Waals surface area contributed by atoms with Crippen LogP contribution >= 0.6 is 58.3 Å². The van der Waals surface area contributed by atoms with Crippen molar-refractivity contribution in [1.82, 2.24) is 4.90 Å². The summed E-state index contributed by atoms with van der Waals surface area (Å²) in [6.07, 6.45) is 0. The van der Waals surface area contributed by atoms with Gasteiger partial charge in [0.2, 0.25) is 11.0 Å². The first-order chi connectivity index (χ1) is 8.60. The minimum atomic E-state index is -1.35. The summed E-state index contributed by atoms with van der Waals surface area (Å²) in [4.78, 5) is 26.0. The summed E-state index contributed by atoms with van der Waals surface area (Å²) in [5.74, 6) is -0.0693. The molecule has 0 spiro atoms. The fraction of sp³-hybridized carbons (Fsp3) is 0.818. The fourth-order valence-electron chi connectivity index (χ4n) is 2.41. The molecule has 8 heteroatoms. The van der Waals surface area contributed by atoms with Gasteiger partial charge in [0, 0.05) is 4.75 Å². The number of rotatable bonds is 3. The van der Waals surface area contributed by atoms with Gasteiger partial charge in [-0.25, -0.2) is 0 Å². The van der Waals surface area contributed by atoms with Crippen molar-refractivity contribution < 1.29 is 9.59 Å². The lowest BCUT2D eigenvalue weighted by atomic mass is 9.94. The van der Waals surface area contributed by atoms with Gasteiger partial charge in [-0.15, -0.1) is 23.4 Å². The maximum atomic E-state index is 12.4. The quantitative estimate of drug-likeness (QED) is 0.570. The molecule has 0 saturated carbocycles. The first-order valence-corrected chi connectivity index (χ1v) is 8.76. The third kappa shape index (κ3) is 2.73. The van der Waals surface area contributed by atoms with E-state index >= 15 is 0 Å². The second-order valence-corrected chi connectivity index (χ2v) is 10.5. The summed E-state index contributed by atoms with van der Waals surface area (Å²) in [7, 11) is 0. The monoisotopic (exact) mass is 361 g/mol. The smallest absolute Gasteiger partial charge is 0.229 e. The Bertz CT molecular complexity index is 430. The lowest BCUT2D eigenvalue weighted by Crippen LogP contribution is -2.61. The largest absolute Gasteiger partial charge is 0.317 e. The minimum Gasteiger partial charge on any atom is -0.317 e. The molecule has 19 heavy (non-hydrogen) atoms. The Balaban J connectivity index is 2.19. The van der Waals surface area contributed by atoms with Crippen LogP contribution in [0.3, 0.4) is 0 Å². The standard InChI is InChI=1S/C11H14Cl3NO2S2/c1-5-7(16)15-6(10(2,3)18-8(5)15)9(17)19-11(13,14)4-12/h5-6,8H,4H2,1-3H3/t5-,6+,8-/m1/s1. The summed E-state index contributed by atoms with van der Waals surface area (Å²) in [5.41, 5.74) is 0. The van der Waals surface area contributed by atoms with Gasteiger partial charge >= 0.3 is 0 Å². The minimum absolute atomic E-state index is 0.0163. The van der Waals surface area contributed by atoms with Gasteiger partial charge in [0.15, 0.2) is 3.67 Å². The maximum absolute atomic E-state index is 12.4. The average Bonchev–Trinajstić information content (AvgIpc) is 2.57. The maximum Gasteiger partial charge on any atom is 0.229 e. The zero-order chi connectivity index (χ0) is 14.6. The number of halogens is 3. The Labute approximate surface area is 136 Å². The van der Waals surface area contributed by atoms with Crippen LogP contribution in [0.2, 0.25) is 0 Å². The summed E-state index contributed by atoms with van der Waals surface area (Å²) in [6, 6.07) is -0.503. The van der Waals surface area contributed by atoms with Gasteiger partial charge in [0.1, 0.15) is 6.04 Å². The van der Waals surface area contributed by atoms with Crippen LogP contribution in [-0.4, -0.2) is 41.6 Å². The number of amides is 1. The van der Waals surface area contributed by atoms with Crippen molar-refractivity contribution in [2.24, 2.45) is 5.92 Å². The van der Waals surface area contributed by atoms with Crippen molar-refractivity contribution in [2.75, 3.05) is 5.88 Å². The molecule has 3 nitrogen and oxygen atoms in total. The van der Waals surface area contributed by atoms with E-state index in [1.807, 2.05) is 20.8 Å². The van der Waals surface area contributed by atoms with E-state index in [9.17, 15) is 9.59 Å². The molecule has 1 amide bonds. The van der Waals surface area contributed by atoms with Crippen molar-refractivity contribution in [3.05, 3.63) is 0 Å². The third-order valence-electron chi connectivity index (χ3n) is 3.34. The summed E-state index contributed by atoms with van der Waals surface area (Å²) >= 11 is 19.9. The van der Waals surface area contributed by atoms with Crippen molar-refractivity contribution in [3.8, 4) is 0 Å². The van der Waals surface area contributed by atoms with E-state index in [-0.39, 0.29) is 32.9 Å². The molecule has 0 N–H and O–H groups in total. The van der Waals surface area contributed by atoms with Gasteiger partial charge in [-0.05, 0) is 25.6 Å². The highest BCUT2D eigenvalue weighted by atomic mass is 35.5. The molecule has 108 valence electrons. The highest BCUT2D eigenvalue weighted by Crippen LogP contribution is 2.55. The molecule has 2 aliphatic rings. The van der Waals surface area contributed by atoms with Crippen LogP contribution in [0.4, 0.5) is 0 Å². The molecule has 2 heterocycles. The number of thioether (sulfide) groups is 2. The van der Waals surface area contributed by atoms with Crippen molar-refractivity contribution in [2.45, 2.75) is 40.6 Å². The zero-order valence-corrected chi connectivity index (χ0v) is 14.6. The topological polar surface area (TPSA) is 37.4 Å². The predicted molar refractivity (Wildman–Crippen MR) is 83.0 cm³/mol. The fourth-order valence-corrected chi connectivity index (χ4v) is 5.61. The first-order valence-electron chi connectivity index (χ1n) is 5.77. The summed E-state index contributed by atoms with van der Waals surface area (Å²) in [5, 5.41) is -0.126. The molecule has 0 aromatic carbocycles. The molecular formula is C11H14Cl3NO2S2. The van der Waals surface area contributed by atoms with E-state index in [4.69, 9.17) is 34.8 Å². The van der Waals surface area contributed by atoms with Crippen LogP contribution in [0.1, 0.15) is 20.8 Å². The molecular weight excluding hydrogens is 349 g/mol. The Hall–Kier alpha value is 0.710. The van der Waals surface area contributed by atoms with E-state index in [0.717, 1.165) is 11.8 Å². The van der Waals surface area contributed by atoms with Crippen LogP contribution < -0.4 is 0 Å².